The van der Waals surface area contributed by atoms with Gasteiger partial charge in [0.25, 0.3) is 0 Å². The number of sulfone groups is 1. The Morgan fingerprint density at radius 3 is 2.68 bits per heavy atom. The van der Waals surface area contributed by atoms with E-state index >= 15 is 0 Å². The zero-order chi connectivity index (χ0) is 31.2. The summed E-state index contributed by atoms with van der Waals surface area (Å²) in [6, 6.07) is 15.4. The highest BCUT2D eigenvalue weighted by atomic mass is 35.5. The average Bonchev–Trinajstić information content (AvgIpc) is 3.47. The Kier molecular flexibility index (Phi) is 9.87. The molecule has 1 aliphatic heterocycles. The van der Waals surface area contributed by atoms with Gasteiger partial charge in [-0.3, -0.25) is 0 Å². The van der Waals surface area contributed by atoms with Crippen LogP contribution in [0.1, 0.15) is 30.4 Å². The van der Waals surface area contributed by atoms with E-state index < -0.39 is 15.4 Å². The molecule has 9 nitrogen and oxygen atoms in total. The van der Waals surface area contributed by atoms with Crippen LogP contribution in [-0.2, 0) is 26.8 Å². The maximum atomic E-state index is 13.5. The molecule has 0 aliphatic carbocycles. The van der Waals surface area contributed by atoms with Crippen LogP contribution in [0, 0.1) is 5.82 Å². The van der Waals surface area contributed by atoms with Crippen molar-refractivity contribution in [3.63, 3.8) is 0 Å². The molecule has 0 amide bonds. The number of rotatable bonds is 14. The van der Waals surface area contributed by atoms with Crippen LogP contribution < -0.4 is 20.1 Å². The topological polar surface area (TPSA) is 112 Å². The Morgan fingerprint density at radius 2 is 1.95 bits per heavy atom. The van der Waals surface area contributed by atoms with Gasteiger partial charge in [0.2, 0.25) is 0 Å². The third-order valence-electron chi connectivity index (χ3n) is 7.35. The predicted molar refractivity (Wildman–Crippen MR) is 170 cm³/mol. The minimum atomic E-state index is -3.01. The van der Waals surface area contributed by atoms with Crippen LogP contribution in [0.3, 0.4) is 0 Å². The zero-order valence-electron chi connectivity index (χ0n) is 24.5. The van der Waals surface area contributed by atoms with E-state index in [1.165, 1.54) is 24.7 Å². The molecule has 44 heavy (non-hydrogen) atoms. The maximum absolute atomic E-state index is 13.5. The molecule has 0 spiro atoms. The average molecular weight is 641 g/mol. The smallest absolute Gasteiger partial charge is 0.148 e. The second-order valence-electron chi connectivity index (χ2n) is 10.7. The Morgan fingerprint density at radius 1 is 1.09 bits per heavy atom. The van der Waals surface area contributed by atoms with Crippen LogP contribution in [0.15, 0.2) is 73.3 Å². The molecule has 0 saturated heterocycles. The van der Waals surface area contributed by atoms with E-state index in [4.69, 9.17) is 25.8 Å². The van der Waals surface area contributed by atoms with Crippen LogP contribution >= 0.6 is 11.6 Å². The van der Waals surface area contributed by atoms with Crippen LogP contribution in [0.4, 0.5) is 15.9 Å². The fraction of sp³-hybridized carbons (Fsp3) is 0.312. The first-order valence-corrected chi connectivity index (χ1v) is 16.6. The third-order valence-corrected chi connectivity index (χ3v) is 8.59. The molecule has 1 aliphatic rings. The molecule has 0 radical (unpaired) electrons. The fourth-order valence-corrected chi connectivity index (χ4v) is 5.89. The van der Waals surface area contributed by atoms with Crippen molar-refractivity contribution in [1.29, 1.82) is 0 Å². The van der Waals surface area contributed by atoms with Crippen LogP contribution in [-0.4, -0.2) is 50.6 Å². The molecule has 12 heteroatoms. The normalized spacial score (nSPS) is 16.2. The molecule has 5 rings (SSSR count). The van der Waals surface area contributed by atoms with Crippen molar-refractivity contribution in [3.8, 4) is 11.5 Å². The predicted octanol–water partition coefficient (Wildman–Crippen LogP) is 6.30. The molecular formula is C32H34ClFN4O5S. The summed E-state index contributed by atoms with van der Waals surface area (Å²) < 4.78 is 54.2. The maximum Gasteiger partial charge on any atom is 0.148 e. The Balaban J connectivity index is 1.35. The summed E-state index contributed by atoms with van der Waals surface area (Å²) in [7, 11) is -1.40. The first-order chi connectivity index (χ1) is 21.2. The Bertz CT molecular complexity index is 1760. The number of benzene rings is 3. The number of halogens is 2. The summed E-state index contributed by atoms with van der Waals surface area (Å²) in [6.45, 7) is 1.23. The van der Waals surface area contributed by atoms with E-state index in [1.807, 2.05) is 24.3 Å². The zero-order valence-corrected chi connectivity index (χ0v) is 26.1. The van der Waals surface area contributed by atoms with Crippen molar-refractivity contribution in [2.75, 3.05) is 37.5 Å². The van der Waals surface area contributed by atoms with Crippen molar-refractivity contribution >= 4 is 43.8 Å². The standard InChI is InChI=1S/C32H34ClFN4O5S/c1-41-30-19-28-25(18-26(30)32(11-5-14-43-32)10-4-12-35-13-15-44(2,39)40)31(37-21-36-28)38-24-8-9-29(27(33)17-24)42-20-22-6-3-7-23(34)16-22/h3,5-9,14,16-19,21,35H,4,10-13,15,20H2,1-2H3,(H,36,37,38). The lowest BCUT2D eigenvalue weighted by Crippen LogP contribution is -2.29. The van der Waals surface area contributed by atoms with Crippen molar-refractivity contribution in [2.24, 2.45) is 0 Å². The second kappa shape index (κ2) is 13.8. The molecule has 2 N–H and O–H groups in total. The molecular weight excluding hydrogens is 607 g/mol. The highest BCUT2D eigenvalue weighted by Gasteiger charge is 2.38. The number of hydrogen-bond donors (Lipinski definition) is 2. The van der Waals surface area contributed by atoms with Gasteiger partial charge in [0.15, 0.2) is 0 Å². The van der Waals surface area contributed by atoms with Crippen molar-refractivity contribution < 1.29 is 27.0 Å². The van der Waals surface area contributed by atoms with Crippen LogP contribution in [0.25, 0.3) is 10.9 Å². The summed E-state index contributed by atoms with van der Waals surface area (Å²) >= 11 is 6.54. The summed E-state index contributed by atoms with van der Waals surface area (Å²) in [5.41, 5.74) is 2.29. The molecule has 1 aromatic heterocycles. The van der Waals surface area contributed by atoms with Gasteiger partial charge in [-0.25, -0.2) is 22.8 Å². The van der Waals surface area contributed by atoms with Gasteiger partial charge < -0.3 is 24.8 Å². The van der Waals surface area contributed by atoms with E-state index in [-0.39, 0.29) is 18.2 Å². The second-order valence-corrected chi connectivity index (χ2v) is 13.3. The van der Waals surface area contributed by atoms with Crippen LogP contribution in [0.5, 0.6) is 11.5 Å². The van der Waals surface area contributed by atoms with E-state index in [0.717, 1.165) is 17.4 Å². The minimum Gasteiger partial charge on any atom is -0.496 e. The number of fused-ring (bicyclic) bond motifs is 1. The number of anilines is 2. The fourth-order valence-electron chi connectivity index (χ4n) is 5.14. The Hall–Kier alpha value is -3.93. The van der Waals surface area contributed by atoms with E-state index in [2.05, 4.69) is 20.6 Å². The largest absolute Gasteiger partial charge is 0.496 e. The summed E-state index contributed by atoms with van der Waals surface area (Å²) in [5.74, 6) is 1.47. The van der Waals surface area contributed by atoms with E-state index in [0.29, 0.717) is 65.0 Å². The molecule has 0 fully saturated rings. The number of ether oxygens (including phenoxy) is 3. The molecule has 2 heterocycles. The monoisotopic (exact) mass is 640 g/mol. The van der Waals surface area contributed by atoms with Gasteiger partial charge in [-0.05, 0) is 67.4 Å². The van der Waals surface area contributed by atoms with Gasteiger partial charge in [0.1, 0.15) is 51.5 Å². The Labute approximate surface area is 261 Å². The SMILES string of the molecule is COc1cc2ncnc(Nc3ccc(OCc4cccc(F)c4)c(Cl)c3)c2cc1C1(CCCNCCS(C)(=O)=O)CC=CO1. The first kappa shape index (κ1) is 31.5. The van der Waals surface area contributed by atoms with Crippen molar-refractivity contribution in [3.05, 3.63) is 95.2 Å². The van der Waals surface area contributed by atoms with E-state index in [1.54, 1.807) is 37.6 Å². The molecule has 1 unspecified atom stereocenters. The number of nitrogens with one attached hydrogen (secondary N) is 2. The van der Waals surface area contributed by atoms with Gasteiger partial charge >= 0.3 is 0 Å². The first-order valence-electron chi connectivity index (χ1n) is 14.1. The van der Waals surface area contributed by atoms with Gasteiger partial charge in [0, 0.05) is 41.9 Å². The number of hydrogen-bond acceptors (Lipinski definition) is 9. The molecule has 1 atom stereocenters. The van der Waals surface area contributed by atoms with Crippen LogP contribution in [0.2, 0.25) is 5.02 Å². The number of nitrogens with zero attached hydrogens (tertiary/aromatic N) is 2. The molecule has 3 aromatic carbocycles. The molecule has 4 aromatic rings. The van der Waals surface area contributed by atoms with E-state index in [9.17, 15) is 12.8 Å². The summed E-state index contributed by atoms with van der Waals surface area (Å²) in [4.78, 5) is 8.98. The highest BCUT2D eigenvalue weighted by molar-refractivity contribution is 7.90. The number of aromatic nitrogens is 2. The lowest BCUT2D eigenvalue weighted by atomic mass is 9.85. The number of methoxy groups -OCH3 is 1. The van der Waals surface area contributed by atoms with Gasteiger partial charge in [-0.2, -0.15) is 0 Å². The lowest BCUT2D eigenvalue weighted by Gasteiger charge is -2.31. The minimum absolute atomic E-state index is 0.0976. The molecule has 232 valence electrons. The van der Waals surface area contributed by atoms with Gasteiger partial charge in [0.05, 0.1) is 29.7 Å². The highest BCUT2D eigenvalue weighted by Crippen LogP contribution is 2.45. The third kappa shape index (κ3) is 7.77. The summed E-state index contributed by atoms with van der Waals surface area (Å²) in [5, 5.41) is 7.71. The summed E-state index contributed by atoms with van der Waals surface area (Å²) in [6.07, 6.45) is 8.50. The lowest BCUT2D eigenvalue weighted by molar-refractivity contribution is 0.0284. The van der Waals surface area contributed by atoms with Gasteiger partial charge in [-0.15, -0.1) is 0 Å². The van der Waals surface area contributed by atoms with Crippen molar-refractivity contribution in [2.45, 2.75) is 31.5 Å². The van der Waals surface area contributed by atoms with Crippen molar-refractivity contribution in [1.82, 2.24) is 15.3 Å². The molecule has 0 saturated carbocycles. The quantitative estimate of drug-likeness (QED) is 0.153. The molecule has 0 bridgehead atoms. The van der Waals surface area contributed by atoms with Gasteiger partial charge in [-0.1, -0.05) is 23.7 Å².